The third kappa shape index (κ3) is 5.17. The number of benzene rings is 2. The monoisotopic (exact) mass is 412 g/mol. The number of aliphatic imine (C=N–C) groups is 1. The number of hydrogen-bond donors (Lipinski definition) is 1. The number of nitrogens with zero attached hydrogens (tertiary/aromatic N) is 3. The van der Waals surface area contributed by atoms with E-state index < -0.39 is 0 Å². The Kier molecular flexibility index (Phi) is 7.30. The van der Waals surface area contributed by atoms with Crippen LogP contribution < -0.4 is 19.7 Å². The molecule has 0 fully saturated rings. The molecule has 3 rings (SSSR count). The number of fused-ring (bicyclic) bond motifs is 1. The number of anilines is 2. The van der Waals surface area contributed by atoms with Gasteiger partial charge in [0, 0.05) is 18.8 Å². The first kappa shape index (κ1) is 20.9. The van der Waals surface area contributed by atoms with Crippen LogP contribution in [0.1, 0.15) is 27.7 Å². The summed E-state index contributed by atoms with van der Waals surface area (Å²) in [5.41, 5.74) is 1.92. The van der Waals surface area contributed by atoms with Crippen molar-refractivity contribution in [3.63, 3.8) is 0 Å². The maximum Gasteiger partial charge on any atom is 0.204 e. The van der Waals surface area contributed by atoms with Gasteiger partial charge in [0.1, 0.15) is 11.5 Å². The highest BCUT2D eigenvalue weighted by molar-refractivity contribution is 7.22. The molecule has 1 heterocycles. The summed E-state index contributed by atoms with van der Waals surface area (Å²) in [5, 5.41) is 4.34. The molecule has 1 N–H and O–H groups in total. The number of aromatic nitrogens is 1. The first-order valence-corrected chi connectivity index (χ1v) is 10.8. The Bertz CT molecular complexity index is 953. The zero-order chi connectivity index (χ0) is 20.6. The molecular weight excluding hydrogens is 384 g/mol. The van der Waals surface area contributed by atoms with Crippen LogP contribution in [-0.2, 0) is 0 Å². The summed E-state index contributed by atoms with van der Waals surface area (Å²) in [6, 6.07) is 13.9. The van der Waals surface area contributed by atoms with E-state index in [-0.39, 0.29) is 0 Å². The number of thiazole rings is 1. The van der Waals surface area contributed by atoms with E-state index in [0.717, 1.165) is 45.0 Å². The molecule has 2 aromatic carbocycles. The van der Waals surface area contributed by atoms with E-state index in [2.05, 4.69) is 22.1 Å². The lowest BCUT2D eigenvalue weighted by atomic mass is 10.3. The van der Waals surface area contributed by atoms with Crippen LogP contribution in [0.25, 0.3) is 10.2 Å². The fourth-order valence-corrected chi connectivity index (χ4v) is 3.97. The Labute approximate surface area is 176 Å². The van der Waals surface area contributed by atoms with Gasteiger partial charge in [0.25, 0.3) is 0 Å². The van der Waals surface area contributed by atoms with E-state index in [0.29, 0.717) is 19.8 Å². The van der Waals surface area contributed by atoms with Gasteiger partial charge in [-0.15, -0.1) is 0 Å². The minimum absolute atomic E-state index is 0.650. The first-order chi connectivity index (χ1) is 14.2. The van der Waals surface area contributed by atoms with Gasteiger partial charge in [0.05, 0.1) is 23.4 Å². The molecule has 3 aromatic rings. The molecule has 0 atom stereocenters. The lowest BCUT2D eigenvalue weighted by molar-refractivity contribution is 0.340. The lowest BCUT2D eigenvalue weighted by Gasteiger charge is -2.23. The molecule has 0 aliphatic rings. The van der Waals surface area contributed by atoms with Crippen LogP contribution in [0.4, 0.5) is 10.8 Å². The Morgan fingerprint density at radius 2 is 1.69 bits per heavy atom. The molecule has 0 aliphatic carbocycles. The maximum atomic E-state index is 5.62. The molecule has 7 heteroatoms. The zero-order valence-electron chi connectivity index (χ0n) is 17.4. The standard InChI is InChI=1S/C22H28N4O2S/c1-5-23-21(24-16-9-11-17(12-10-16)27-7-3)26(6-2)22-25-19-14-13-18(28-8-4)15-20(19)29-22/h9-15H,5-8H2,1-4H3,(H,23,24). The molecule has 1 aromatic heterocycles. The SMILES string of the molecule is CCN=C(Nc1ccc(OCC)cc1)N(CC)c1nc2ccc(OCC)cc2s1. The van der Waals surface area contributed by atoms with E-state index in [1.54, 1.807) is 11.3 Å². The molecule has 0 saturated carbocycles. The largest absolute Gasteiger partial charge is 0.494 e. The molecule has 0 spiro atoms. The number of rotatable bonds is 8. The highest BCUT2D eigenvalue weighted by atomic mass is 32.1. The molecule has 0 amide bonds. The Morgan fingerprint density at radius 1 is 1.00 bits per heavy atom. The van der Waals surface area contributed by atoms with Crippen molar-refractivity contribution in [2.24, 2.45) is 4.99 Å². The fourth-order valence-electron chi connectivity index (χ4n) is 2.91. The molecule has 0 bridgehead atoms. The average molecular weight is 413 g/mol. The van der Waals surface area contributed by atoms with Crippen molar-refractivity contribution in [1.29, 1.82) is 0 Å². The summed E-state index contributed by atoms with van der Waals surface area (Å²) in [5.74, 6) is 2.51. The molecule has 0 unspecified atom stereocenters. The van der Waals surface area contributed by atoms with E-state index >= 15 is 0 Å². The van der Waals surface area contributed by atoms with E-state index in [4.69, 9.17) is 14.5 Å². The fraction of sp³-hybridized carbons (Fsp3) is 0.364. The molecule has 29 heavy (non-hydrogen) atoms. The molecular formula is C22H28N4O2S. The third-order valence-corrected chi connectivity index (χ3v) is 5.23. The van der Waals surface area contributed by atoms with Gasteiger partial charge >= 0.3 is 0 Å². The van der Waals surface area contributed by atoms with Gasteiger partial charge in [0.2, 0.25) is 5.96 Å². The number of guanidine groups is 1. The highest BCUT2D eigenvalue weighted by Gasteiger charge is 2.17. The Morgan fingerprint density at radius 3 is 2.34 bits per heavy atom. The molecule has 0 saturated heterocycles. The number of ether oxygens (including phenoxy) is 2. The normalized spacial score (nSPS) is 11.5. The lowest BCUT2D eigenvalue weighted by Crippen LogP contribution is -2.36. The van der Waals surface area contributed by atoms with Crippen molar-refractivity contribution in [3.8, 4) is 11.5 Å². The average Bonchev–Trinajstić information content (AvgIpc) is 3.13. The minimum Gasteiger partial charge on any atom is -0.494 e. The zero-order valence-corrected chi connectivity index (χ0v) is 18.3. The predicted molar refractivity (Wildman–Crippen MR) is 123 cm³/mol. The van der Waals surface area contributed by atoms with Crippen molar-refractivity contribution in [1.82, 2.24) is 4.98 Å². The molecule has 154 valence electrons. The summed E-state index contributed by atoms with van der Waals surface area (Å²) in [6.07, 6.45) is 0. The summed E-state index contributed by atoms with van der Waals surface area (Å²) in [4.78, 5) is 11.6. The second kappa shape index (κ2) is 10.1. The summed E-state index contributed by atoms with van der Waals surface area (Å²) in [6.45, 7) is 10.8. The predicted octanol–water partition coefficient (Wildman–Crippen LogP) is 5.41. The van der Waals surface area contributed by atoms with Gasteiger partial charge in [-0.2, -0.15) is 0 Å². The van der Waals surface area contributed by atoms with Crippen LogP contribution in [0, 0.1) is 0 Å². The van der Waals surface area contributed by atoms with Crippen LogP contribution in [0.15, 0.2) is 47.5 Å². The van der Waals surface area contributed by atoms with E-state index in [1.165, 1.54) is 0 Å². The Hall–Kier alpha value is -2.80. The van der Waals surface area contributed by atoms with Crippen LogP contribution in [-0.4, -0.2) is 37.2 Å². The topological polar surface area (TPSA) is 59.0 Å². The highest BCUT2D eigenvalue weighted by Crippen LogP contribution is 2.32. The molecule has 0 aliphatic heterocycles. The van der Waals surface area contributed by atoms with Gasteiger partial charge in [-0.1, -0.05) is 11.3 Å². The first-order valence-electron chi connectivity index (χ1n) is 10.0. The smallest absolute Gasteiger partial charge is 0.204 e. The third-order valence-electron chi connectivity index (χ3n) is 4.19. The van der Waals surface area contributed by atoms with Crippen LogP contribution in [0.2, 0.25) is 0 Å². The van der Waals surface area contributed by atoms with Crippen molar-refractivity contribution in [3.05, 3.63) is 42.5 Å². The second-order valence-corrected chi connectivity index (χ2v) is 7.19. The van der Waals surface area contributed by atoms with Gasteiger partial charge in [-0.25, -0.2) is 4.98 Å². The van der Waals surface area contributed by atoms with E-state index in [9.17, 15) is 0 Å². The van der Waals surface area contributed by atoms with Gasteiger partial charge in [-0.3, -0.25) is 9.89 Å². The van der Waals surface area contributed by atoms with Crippen molar-refractivity contribution in [2.45, 2.75) is 27.7 Å². The van der Waals surface area contributed by atoms with Crippen LogP contribution >= 0.6 is 11.3 Å². The number of hydrogen-bond acceptors (Lipinski definition) is 5. The summed E-state index contributed by atoms with van der Waals surface area (Å²) < 4.78 is 12.2. The van der Waals surface area contributed by atoms with Gasteiger partial charge in [-0.05, 0) is 70.2 Å². The van der Waals surface area contributed by atoms with Crippen molar-refractivity contribution in [2.75, 3.05) is 36.5 Å². The molecule has 6 nitrogen and oxygen atoms in total. The summed E-state index contributed by atoms with van der Waals surface area (Å²) >= 11 is 1.64. The minimum atomic E-state index is 0.650. The number of nitrogens with one attached hydrogen (secondary N) is 1. The maximum absolute atomic E-state index is 5.62. The van der Waals surface area contributed by atoms with Gasteiger partial charge in [0.15, 0.2) is 5.13 Å². The van der Waals surface area contributed by atoms with E-state index in [1.807, 2.05) is 63.2 Å². The van der Waals surface area contributed by atoms with Crippen molar-refractivity contribution < 1.29 is 9.47 Å². The van der Waals surface area contributed by atoms with Crippen LogP contribution in [0.3, 0.4) is 0 Å². The van der Waals surface area contributed by atoms with Crippen LogP contribution in [0.5, 0.6) is 11.5 Å². The van der Waals surface area contributed by atoms with Gasteiger partial charge < -0.3 is 14.8 Å². The second-order valence-electron chi connectivity index (χ2n) is 6.18. The Balaban J connectivity index is 1.86. The quantitative estimate of drug-likeness (QED) is 0.396. The molecule has 0 radical (unpaired) electrons. The summed E-state index contributed by atoms with van der Waals surface area (Å²) in [7, 11) is 0. The van der Waals surface area contributed by atoms with Crippen molar-refractivity contribution >= 4 is 38.3 Å².